The van der Waals surface area contributed by atoms with Crippen LogP contribution < -0.4 is 4.74 Å². The zero-order chi connectivity index (χ0) is 25.3. The van der Waals surface area contributed by atoms with Crippen LogP contribution in [0.15, 0.2) is 24.3 Å². The highest BCUT2D eigenvalue weighted by Crippen LogP contribution is 2.36. The van der Waals surface area contributed by atoms with Crippen molar-refractivity contribution >= 4 is 0 Å². The van der Waals surface area contributed by atoms with Crippen LogP contribution in [0.3, 0.4) is 0 Å². The van der Waals surface area contributed by atoms with Crippen molar-refractivity contribution in [2.45, 2.75) is 154 Å². The SMILES string of the molecule is CCCCCCCCCCC[C@@H]1OC[C@H]2O[C@@H](c3ccc(OCCCCCCCC)cc3)CC[C@@H]2O1. The van der Waals surface area contributed by atoms with Gasteiger partial charge in [0.05, 0.1) is 25.4 Å². The van der Waals surface area contributed by atoms with Crippen LogP contribution in [0.4, 0.5) is 0 Å². The fourth-order valence-corrected chi connectivity index (χ4v) is 5.48. The summed E-state index contributed by atoms with van der Waals surface area (Å²) in [5, 5.41) is 0. The Labute approximate surface area is 221 Å². The minimum Gasteiger partial charge on any atom is -0.494 e. The Morgan fingerprint density at radius 1 is 0.667 bits per heavy atom. The molecule has 1 aromatic rings. The van der Waals surface area contributed by atoms with Gasteiger partial charge in [0.15, 0.2) is 6.29 Å². The van der Waals surface area contributed by atoms with E-state index in [4.69, 9.17) is 18.9 Å². The van der Waals surface area contributed by atoms with Gasteiger partial charge in [0.25, 0.3) is 0 Å². The summed E-state index contributed by atoms with van der Waals surface area (Å²) in [6.45, 7) is 6.00. The lowest BCUT2D eigenvalue weighted by molar-refractivity contribution is -0.286. The average molecular weight is 503 g/mol. The molecule has 1 aromatic carbocycles. The zero-order valence-corrected chi connectivity index (χ0v) is 23.4. The van der Waals surface area contributed by atoms with E-state index in [1.807, 2.05) is 0 Å². The van der Waals surface area contributed by atoms with Gasteiger partial charge >= 0.3 is 0 Å². The van der Waals surface area contributed by atoms with Crippen LogP contribution in [0.5, 0.6) is 5.75 Å². The second kappa shape index (κ2) is 18.2. The summed E-state index contributed by atoms with van der Waals surface area (Å²) in [6.07, 6.45) is 23.3. The zero-order valence-electron chi connectivity index (χ0n) is 23.4. The van der Waals surface area contributed by atoms with Crippen LogP contribution >= 0.6 is 0 Å². The molecule has 4 atom stereocenters. The Morgan fingerprint density at radius 2 is 1.28 bits per heavy atom. The molecule has 0 N–H and O–H groups in total. The molecule has 4 nitrogen and oxygen atoms in total. The molecule has 206 valence electrons. The van der Waals surface area contributed by atoms with Gasteiger partial charge in [-0.05, 0) is 49.8 Å². The highest BCUT2D eigenvalue weighted by molar-refractivity contribution is 5.29. The molecular weight excluding hydrogens is 448 g/mol. The summed E-state index contributed by atoms with van der Waals surface area (Å²) in [7, 11) is 0. The van der Waals surface area contributed by atoms with E-state index in [1.165, 1.54) is 95.5 Å². The third-order valence-corrected chi connectivity index (χ3v) is 7.80. The largest absolute Gasteiger partial charge is 0.494 e. The monoisotopic (exact) mass is 502 g/mol. The Bertz CT molecular complexity index is 661. The van der Waals surface area contributed by atoms with Gasteiger partial charge in [0.2, 0.25) is 0 Å². The second-order valence-electron chi connectivity index (χ2n) is 11.0. The number of benzene rings is 1. The van der Waals surface area contributed by atoms with Crippen LogP contribution in [0.2, 0.25) is 0 Å². The summed E-state index contributed by atoms with van der Waals surface area (Å²) in [5.74, 6) is 0.963. The number of hydrogen-bond donors (Lipinski definition) is 0. The van der Waals surface area contributed by atoms with E-state index in [0.29, 0.717) is 6.61 Å². The Kier molecular flexibility index (Phi) is 14.9. The normalized spacial score (nSPS) is 23.9. The minimum atomic E-state index is -0.0426. The molecule has 0 bridgehead atoms. The molecule has 2 saturated heterocycles. The summed E-state index contributed by atoms with van der Waals surface area (Å²) < 4.78 is 24.7. The van der Waals surface area contributed by atoms with Crippen molar-refractivity contribution in [2.75, 3.05) is 13.2 Å². The van der Waals surface area contributed by atoms with Crippen molar-refractivity contribution in [3.63, 3.8) is 0 Å². The van der Waals surface area contributed by atoms with Crippen molar-refractivity contribution in [1.29, 1.82) is 0 Å². The molecule has 2 fully saturated rings. The second-order valence-corrected chi connectivity index (χ2v) is 11.0. The van der Waals surface area contributed by atoms with Gasteiger partial charge in [0, 0.05) is 0 Å². The van der Waals surface area contributed by atoms with Crippen LogP contribution in [-0.2, 0) is 14.2 Å². The molecule has 0 saturated carbocycles. The summed E-state index contributed by atoms with van der Waals surface area (Å²) in [4.78, 5) is 0. The number of ether oxygens (including phenoxy) is 4. The lowest BCUT2D eigenvalue weighted by atomic mass is 9.95. The standard InChI is InChI=1S/C32H54O4/c1-3-5-7-9-11-12-13-14-16-18-32-34-26-31-30(36-32)24-23-29(35-31)27-19-21-28(22-20-27)33-25-17-15-10-8-6-4-2/h19-22,29-32H,3-18,23-26H2,1-2H3/t29-,30+,31-,32-/m1/s1. The van der Waals surface area contributed by atoms with Crippen molar-refractivity contribution in [3.8, 4) is 5.75 Å². The Balaban J connectivity index is 1.26. The molecule has 2 aliphatic heterocycles. The predicted molar refractivity (Wildman–Crippen MR) is 149 cm³/mol. The van der Waals surface area contributed by atoms with Gasteiger partial charge in [-0.1, -0.05) is 109 Å². The molecular formula is C32H54O4. The maximum atomic E-state index is 6.42. The van der Waals surface area contributed by atoms with Crippen molar-refractivity contribution in [2.24, 2.45) is 0 Å². The average Bonchev–Trinajstić information content (AvgIpc) is 2.91. The van der Waals surface area contributed by atoms with E-state index in [9.17, 15) is 0 Å². The third-order valence-electron chi connectivity index (χ3n) is 7.80. The first-order valence-electron chi connectivity index (χ1n) is 15.5. The number of hydrogen-bond acceptors (Lipinski definition) is 4. The van der Waals surface area contributed by atoms with Crippen LogP contribution in [-0.4, -0.2) is 31.7 Å². The Hall–Kier alpha value is -1.10. The lowest BCUT2D eigenvalue weighted by Crippen LogP contribution is -2.48. The van der Waals surface area contributed by atoms with E-state index >= 15 is 0 Å². The molecule has 0 amide bonds. The molecule has 2 aliphatic rings. The first-order valence-corrected chi connectivity index (χ1v) is 15.5. The van der Waals surface area contributed by atoms with Crippen molar-refractivity contribution in [3.05, 3.63) is 29.8 Å². The third kappa shape index (κ3) is 11.1. The maximum Gasteiger partial charge on any atom is 0.158 e. The predicted octanol–water partition coefficient (Wildman–Crippen LogP) is 9.31. The number of unbranched alkanes of at least 4 members (excludes halogenated alkanes) is 13. The summed E-state index contributed by atoms with van der Waals surface area (Å²) >= 11 is 0. The molecule has 0 unspecified atom stereocenters. The molecule has 0 spiro atoms. The molecule has 2 heterocycles. The molecule has 0 aromatic heterocycles. The summed E-state index contributed by atoms with van der Waals surface area (Å²) in [5.41, 5.74) is 1.23. The molecule has 4 heteroatoms. The van der Waals surface area contributed by atoms with Gasteiger partial charge in [-0.25, -0.2) is 0 Å². The van der Waals surface area contributed by atoms with Gasteiger partial charge in [0.1, 0.15) is 11.9 Å². The van der Waals surface area contributed by atoms with Gasteiger partial charge < -0.3 is 18.9 Å². The molecule has 0 radical (unpaired) electrons. The minimum absolute atomic E-state index is 0.0426. The van der Waals surface area contributed by atoms with E-state index in [2.05, 4.69) is 38.1 Å². The maximum absolute atomic E-state index is 6.42. The van der Waals surface area contributed by atoms with Crippen LogP contribution in [0, 0.1) is 0 Å². The van der Waals surface area contributed by atoms with Crippen LogP contribution in [0.1, 0.15) is 141 Å². The van der Waals surface area contributed by atoms with Crippen molar-refractivity contribution in [1.82, 2.24) is 0 Å². The van der Waals surface area contributed by atoms with Crippen molar-refractivity contribution < 1.29 is 18.9 Å². The summed E-state index contributed by atoms with van der Waals surface area (Å²) in [6, 6.07) is 8.52. The van der Waals surface area contributed by atoms with E-state index in [1.54, 1.807) is 0 Å². The topological polar surface area (TPSA) is 36.9 Å². The fourth-order valence-electron chi connectivity index (χ4n) is 5.48. The van der Waals surface area contributed by atoms with Gasteiger partial charge in [-0.3, -0.25) is 0 Å². The molecule has 0 aliphatic carbocycles. The van der Waals surface area contributed by atoms with E-state index < -0.39 is 0 Å². The highest BCUT2D eigenvalue weighted by atomic mass is 16.7. The fraction of sp³-hybridized carbons (Fsp3) is 0.812. The Morgan fingerprint density at radius 3 is 1.94 bits per heavy atom. The molecule has 36 heavy (non-hydrogen) atoms. The first-order chi connectivity index (χ1) is 17.8. The quantitative estimate of drug-likeness (QED) is 0.177. The first kappa shape index (κ1) is 29.5. The highest BCUT2D eigenvalue weighted by Gasteiger charge is 2.38. The van der Waals surface area contributed by atoms with Gasteiger partial charge in [-0.2, -0.15) is 0 Å². The van der Waals surface area contributed by atoms with Crippen LogP contribution in [0.25, 0.3) is 0 Å². The molecule has 3 rings (SSSR count). The number of fused-ring (bicyclic) bond motifs is 1. The van der Waals surface area contributed by atoms with Gasteiger partial charge in [-0.15, -0.1) is 0 Å². The van der Waals surface area contributed by atoms with E-state index in [-0.39, 0.29) is 24.6 Å². The van der Waals surface area contributed by atoms with E-state index in [0.717, 1.165) is 38.0 Å². The number of rotatable bonds is 19. The lowest BCUT2D eigenvalue weighted by Gasteiger charge is -2.42. The smallest absolute Gasteiger partial charge is 0.158 e.